The normalized spacial score (nSPS) is 13.4. The van der Waals surface area contributed by atoms with Crippen LogP contribution < -0.4 is 4.74 Å². The monoisotopic (exact) mass is 390 g/mol. The molecular formula is C24H26N2O3. The molecule has 1 aliphatic heterocycles. The number of benzene rings is 2. The van der Waals surface area contributed by atoms with Crippen molar-refractivity contribution in [3.63, 3.8) is 0 Å². The molecule has 5 nitrogen and oxygen atoms in total. The zero-order valence-electron chi connectivity index (χ0n) is 16.9. The van der Waals surface area contributed by atoms with Gasteiger partial charge in [-0.15, -0.1) is 0 Å². The zero-order valence-corrected chi connectivity index (χ0v) is 16.9. The van der Waals surface area contributed by atoms with Crippen LogP contribution in [-0.2, 0) is 26.1 Å². The number of furan rings is 1. The van der Waals surface area contributed by atoms with Crippen molar-refractivity contribution in [2.45, 2.75) is 26.1 Å². The van der Waals surface area contributed by atoms with Crippen LogP contribution in [0.5, 0.6) is 5.75 Å². The van der Waals surface area contributed by atoms with Gasteiger partial charge in [0.25, 0.3) is 5.91 Å². The number of carbonyl (C=O) groups is 1. The Balaban J connectivity index is 1.37. The van der Waals surface area contributed by atoms with E-state index in [9.17, 15) is 4.79 Å². The highest BCUT2D eigenvalue weighted by Gasteiger charge is 2.25. The molecule has 5 heteroatoms. The van der Waals surface area contributed by atoms with E-state index in [0.29, 0.717) is 25.3 Å². The van der Waals surface area contributed by atoms with Crippen molar-refractivity contribution in [3.8, 4) is 5.75 Å². The molecule has 0 saturated carbocycles. The first-order valence-corrected chi connectivity index (χ1v) is 9.90. The van der Waals surface area contributed by atoms with Gasteiger partial charge in [-0.1, -0.05) is 30.3 Å². The summed E-state index contributed by atoms with van der Waals surface area (Å²) in [4.78, 5) is 16.9. The zero-order chi connectivity index (χ0) is 20.2. The Labute approximate surface area is 171 Å². The highest BCUT2D eigenvalue weighted by molar-refractivity contribution is 5.94. The first kappa shape index (κ1) is 19.3. The van der Waals surface area contributed by atoms with Gasteiger partial charge in [-0.3, -0.25) is 4.79 Å². The van der Waals surface area contributed by atoms with Gasteiger partial charge in [0.2, 0.25) is 0 Å². The molecule has 150 valence electrons. The average Bonchev–Trinajstić information content (AvgIpc) is 3.13. The van der Waals surface area contributed by atoms with Crippen molar-refractivity contribution in [3.05, 3.63) is 88.9 Å². The molecule has 0 unspecified atom stereocenters. The molecule has 1 aromatic heterocycles. The molecule has 0 aliphatic carbocycles. The Hall–Kier alpha value is -3.05. The van der Waals surface area contributed by atoms with Crippen molar-refractivity contribution in [2.24, 2.45) is 0 Å². The number of rotatable bonds is 6. The second-order valence-corrected chi connectivity index (χ2v) is 7.67. The largest absolute Gasteiger partial charge is 0.489 e. The van der Waals surface area contributed by atoms with Gasteiger partial charge >= 0.3 is 0 Å². The molecule has 29 heavy (non-hydrogen) atoms. The molecule has 0 N–H and O–H groups in total. The van der Waals surface area contributed by atoms with E-state index in [2.05, 4.69) is 11.0 Å². The smallest absolute Gasteiger partial charge is 0.254 e. The molecule has 4 rings (SSSR count). The van der Waals surface area contributed by atoms with Gasteiger partial charge in [-0.2, -0.15) is 0 Å². The van der Waals surface area contributed by atoms with E-state index in [0.717, 1.165) is 35.8 Å². The van der Waals surface area contributed by atoms with Crippen LogP contribution in [0.4, 0.5) is 0 Å². The van der Waals surface area contributed by atoms with E-state index < -0.39 is 0 Å². The van der Waals surface area contributed by atoms with Crippen LogP contribution in [0.3, 0.4) is 0 Å². The minimum atomic E-state index is 0.0239. The van der Waals surface area contributed by atoms with Crippen LogP contribution in [0.1, 0.15) is 33.0 Å². The lowest BCUT2D eigenvalue weighted by atomic mass is 10.1. The van der Waals surface area contributed by atoms with Gasteiger partial charge in [0.1, 0.15) is 23.9 Å². The third-order valence-electron chi connectivity index (χ3n) is 5.04. The molecule has 0 spiro atoms. The Kier molecular flexibility index (Phi) is 5.67. The van der Waals surface area contributed by atoms with Gasteiger partial charge in [-0.05, 0) is 62.0 Å². The van der Waals surface area contributed by atoms with Crippen LogP contribution in [-0.4, -0.2) is 36.3 Å². The Bertz CT molecular complexity index is 962. The maximum atomic E-state index is 12.9. The highest BCUT2D eigenvalue weighted by Crippen LogP contribution is 2.25. The molecular weight excluding hydrogens is 364 g/mol. The summed E-state index contributed by atoms with van der Waals surface area (Å²) < 4.78 is 11.8. The van der Waals surface area contributed by atoms with E-state index in [1.165, 1.54) is 5.56 Å². The minimum Gasteiger partial charge on any atom is -0.489 e. The number of fused-ring (bicyclic) bond motifs is 1. The van der Waals surface area contributed by atoms with Gasteiger partial charge in [0.05, 0.1) is 13.1 Å². The summed E-state index contributed by atoms with van der Waals surface area (Å²) >= 11 is 0. The molecule has 0 fully saturated rings. The third kappa shape index (κ3) is 4.69. The Morgan fingerprint density at radius 2 is 1.86 bits per heavy atom. The van der Waals surface area contributed by atoms with E-state index in [-0.39, 0.29) is 5.91 Å². The SMILES string of the molecule is CN(C)Cc1cc2c(o1)CN(C(=O)c1ccc(OCc3ccccc3)cc1)CC2. The summed E-state index contributed by atoms with van der Waals surface area (Å²) in [6.45, 7) is 2.51. The van der Waals surface area contributed by atoms with Crippen LogP contribution in [0.15, 0.2) is 65.1 Å². The van der Waals surface area contributed by atoms with Crippen LogP contribution in [0, 0.1) is 0 Å². The molecule has 1 amide bonds. The van der Waals surface area contributed by atoms with Crippen LogP contribution in [0.2, 0.25) is 0 Å². The summed E-state index contributed by atoms with van der Waals surface area (Å²) in [6.07, 6.45) is 0.830. The summed E-state index contributed by atoms with van der Waals surface area (Å²) in [5.41, 5.74) is 3.00. The lowest BCUT2D eigenvalue weighted by Crippen LogP contribution is -2.35. The molecule has 1 aliphatic rings. The van der Waals surface area contributed by atoms with Gasteiger partial charge in [0.15, 0.2) is 0 Å². The maximum Gasteiger partial charge on any atom is 0.254 e. The Morgan fingerprint density at radius 1 is 1.10 bits per heavy atom. The first-order chi connectivity index (χ1) is 14.1. The number of nitrogens with zero attached hydrogens (tertiary/aromatic N) is 2. The highest BCUT2D eigenvalue weighted by atomic mass is 16.5. The summed E-state index contributed by atoms with van der Waals surface area (Å²) in [7, 11) is 4.04. The second-order valence-electron chi connectivity index (χ2n) is 7.67. The molecule has 2 aromatic carbocycles. The first-order valence-electron chi connectivity index (χ1n) is 9.90. The summed E-state index contributed by atoms with van der Waals surface area (Å²) in [6, 6.07) is 19.5. The lowest BCUT2D eigenvalue weighted by molar-refractivity contribution is 0.0718. The third-order valence-corrected chi connectivity index (χ3v) is 5.04. The minimum absolute atomic E-state index is 0.0239. The van der Waals surface area contributed by atoms with Gasteiger partial charge < -0.3 is 19.0 Å². The fourth-order valence-corrected chi connectivity index (χ4v) is 3.56. The molecule has 0 radical (unpaired) electrons. The molecule has 3 aromatic rings. The number of amides is 1. The van der Waals surface area contributed by atoms with Crippen LogP contribution >= 0.6 is 0 Å². The molecule has 0 atom stereocenters. The number of hydrogen-bond acceptors (Lipinski definition) is 4. The fraction of sp³-hybridized carbons (Fsp3) is 0.292. The maximum absolute atomic E-state index is 12.9. The number of carbonyl (C=O) groups excluding carboxylic acids is 1. The van der Waals surface area contributed by atoms with Crippen molar-refractivity contribution in [1.82, 2.24) is 9.80 Å². The second kappa shape index (κ2) is 8.53. The Morgan fingerprint density at radius 3 is 2.59 bits per heavy atom. The van der Waals surface area contributed by atoms with Crippen LogP contribution in [0.25, 0.3) is 0 Å². The van der Waals surface area contributed by atoms with Gasteiger partial charge in [0, 0.05) is 12.1 Å². The van der Waals surface area contributed by atoms with Crippen molar-refractivity contribution in [2.75, 3.05) is 20.6 Å². The fourth-order valence-electron chi connectivity index (χ4n) is 3.56. The standard InChI is InChI=1S/C24H26N2O3/c1-25(2)15-22-14-20-12-13-26(16-23(20)29-22)24(27)19-8-10-21(11-9-19)28-17-18-6-4-3-5-7-18/h3-11,14H,12-13,15-17H2,1-2H3. The molecule has 2 heterocycles. The topological polar surface area (TPSA) is 45.9 Å². The lowest BCUT2D eigenvalue weighted by Gasteiger charge is -2.26. The predicted molar refractivity (Wildman–Crippen MR) is 112 cm³/mol. The van der Waals surface area contributed by atoms with E-state index in [1.807, 2.05) is 73.6 Å². The van der Waals surface area contributed by atoms with Crippen molar-refractivity contribution >= 4 is 5.91 Å². The quantitative estimate of drug-likeness (QED) is 0.635. The van der Waals surface area contributed by atoms with E-state index in [1.54, 1.807) is 0 Å². The number of hydrogen-bond donors (Lipinski definition) is 0. The average molecular weight is 390 g/mol. The van der Waals surface area contributed by atoms with Gasteiger partial charge in [-0.25, -0.2) is 0 Å². The number of ether oxygens (including phenoxy) is 1. The van der Waals surface area contributed by atoms with E-state index in [4.69, 9.17) is 9.15 Å². The van der Waals surface area contributed by atoms with E-state index >= 15 is 0 Å². The van der Waals surface area contributed by atoms with Crippen molar-refractivity contribution in [1.29, 1.82) is 0 Å². The predicted octanol–water partition coefficient (Wildman–Crippen LogP) is 4.12. The summed E-state index contributed by atoms with van der Waals surface area (Å²) in [5.74, 6) is 2.64. The summed E-state index contributed by atoms with van der Waals surface area (Å²) in [5, 5.41) is 0. The van der Waals surface area contributed by atoms with Crippen molar-refractivity contribution < 1.29 is 13.9 Å². The molecule has 0 bridgehead atoms. The molecule has 0 saturated heterocycles.